The molecule has 0 N–H and O–H groups in total. The Labute approximate surface area is 114 Å². The summed E-state index contributed by atoms with van der Waals surface area (Å²) in [5.74, 6) is 0.337. The van der Waals surface area contributed by atoms with Gasteiger partial charge in [0.1, 0.15) is 10.6 Å². The topological polar surface area (TPSA) is 43.4 Å². The third kappa shape index (κ3) is 3.15. The van der Waals surface area contributed by atoms with Gasteiger partial charge in [0.2, 0.25) is 0 Å². The molecule has 0 unspecified atom stereocenters. The Morgan fingerprint density at radius 3 is 2.05 bits per heavy atom. The standard InChI is InChI=1S/C15H16O3S/c1-11-4-8-15(9-5-11)19(16,17)18-14-7-6-12(2)13(3)10-14/h4-10H,1-3H3. The average molecular weight is 276 g/mol. The summed E-state index contributed by atoms with van der Waals surface area (Å²) in [4.78, 5) is 0.163. The van der Waals surface area contributed by atoms with E-state index in [1.807, 2.05) is 26.8 Å². The molecule has 4 heteroatoms. The lowest BCUT2D eigenvalue weighted by Gasteiger charge is -2.09. The van der Waals surface area contributed by atoms with Crippen LogP contribution in [0.3, 0.4) is 0 Å². The summed E-state index contributed by atoms with van der Waals surface area (Å²) in [7, 11) is -3.76. The van der Waals surface area contributed by atoms with E-state index in [1.54, 1.807) is 36.4 Å². The summed E-state index contributed by atoms with van der Waals surface area (Å²) in [6, 6.07) is 11.8. The second kappa shape index (κ2) is 5.05. The van der Waals surface area contributed by atoms with Crippen LogP contribution in [-0.2, 0) is 10.1 Å². The van der Waals surface area contributed by atoms with Crippen LogP contribution in [0.4, 0.5) is 0 Å². The monoisotopic (exact) mass is 276 g/mol. The zero-order chi connectivity index (χ0) is 14.0. The minimum atomic E-state index is -3.76. The highest BCUT2D eigenvalue weighted by atomic mass is 32.2. The molecule has 0 amide bonds. The summed E-state index contributed by atoms with van der Waals surface area (Å²) in [5, 5.41) is 0. The Bertz CT molecular complexity index is 686. The lowest BCUT2D eigenvalue weighted by Crippen LogP contribution is -2.09. The summed E-state index contributed by atoms with van der Waals surface area (Å²) < 4.78 is 29.3. The van der Waals surface area contributed by atoms with Crippen LogP contribution in [0.2, 0.25) is 0 Å². The van der Waals surface area contributed by atoms with Crippen molar-refractivity contribution in [3.8, 4) is 5.75 Å². The van der Waals surface area contributed by atoms with Gasteiger partial charge in [0.25, 0.3) is 0 Å². The first-order valence-electron chi connectivity index (χ1n) is 5.97. The highest BCUT2D eigenvalue weighted by Crippen LogP contribution is 2.21. The van der Waals surface area contributed by atoms with Crippen LogP contribution < -0.4 is 4.18 Å². The van der Waals surface area contributed by atoms with E-state index in [2.05, 4.69) is 0 Å². The zero-order valence-corrected chi connectivity index (χ0v) is 12.0. The van der Waals surface area contributed by atoms with Gasteiger partial charge >= 0.3 is 10.1 Å². The molecule has 0 bridgehead atoms. The predicted octanol–water partition coefficient (Wildman–Crippen LogP) is 3.38. The number of aryl methyl sites for hydroxylation is 3. The van der Waals surface area contributed by atoms with Crippen LogP contribution in [0, 0.1) is 20.8 Å². The van der Waals surface area contributed by atoms with E-state index in [4.69, 9.17) is 4.18 Å². The van der Waals surface area contributed by atoms with Gasteiger partial charge in [0.05, 0.1) is 0 Å². The first-order chi connectivity index (χ1) is 8.88. The molecule has 0 aliphatic heterocycles. The van der Waals surface area contributed by atoms with Crippen molar-refractivity contribution in [3.05, 3.63) is 59.2 Å². The van der Waals surface area contributed by atoms with Crippen molar-refractivity contribution in [2.75, 3.05) is 0 Å². The molecule has 0 fully saturated rings. The molecule has 0 aliphatic rings. The van der Waals surface area contributed by atoms with E-state index in [0.717, 1.165) is 16.7 Å². The minimum absolute atomic E-state index is 0.163. The molecule has 19 heavy (non-hydrogen) atoms. The summed E-state index contributed by atoms with van der Waals surface area (Å²) in [6.45, 7) is 5.79. The Morgan fingerprint density at radius 1 is 0.842 bits per heavy atom. The number of benzene rings is 2. The van der Waals surface area contributed by atoms with E-state index >= 15 is 0 Å². The maximum Gasteiger partial charge on any atom is 0.339 e. The fourth-order valence-electron chi connectivity index (χ4n) is 1.65. The van der Waals surface area contributed by atoms with E-state index in [-0.39, 0.29) is 4.90 Å². The molecule has 2 aromatic rings. The average Bonchev–Trinajstić information content (AvgIpc) is 2.34. The van der Waals surface area contributed by atoms with E-state index in [1.165, 1.54) is 0 Å². The molecule has 100 valence electrons. The molecule has 0 aromatic heterocycles. The summed E-state index contributed by atoms with van der Waals surface area (Å²) in [6.07, 6.45) is 0. The molecule has 0 radical (unpaired) electrons. The highest BCUT2D eigenvalue weighted by molar-refractivity contribution is 7.87. The first kappa shape index (κ1) is 13.6. The fourth-order valence-corrected chi connectivity index (χ4v) is 2.57. The normalized spacial score (nSPS) is 11.3. The Kier molecular flexibility index (Phi) is 3.62. The molecule has 0 heterocycles. The van der Waals surface area contributed by atoms with Gasteiger partial charge in [-0.2, -0.15) is 8.42 Å². The van der Waals surface area contributed by atoms with Crippen molar-refractivity contribution in [2.24, 2.45) is 0 Å². The molecule has 0 aliphatic carbocycles. The maximum absolute atomic E-state index is 12.1. The maximum atomic E-state index is 12.1. The number of hydrogen-bond acceptors (Lipinski definition) is 3. The van der Waals surface area contributed by atoms with Crippen LogP contribution in [0.15, 0.2) is 47.4 Å². The SMILES string of the molecule is Cc1ccc(S(=O)(=O)Oc2ccc(C)c(C)c2)cc1. The molecule has 2 aromatic carbocycles. The Balaban J connectivity index is 2.30. The zero-order valence-electron chi connectivity index (χ0n) is 11.2. The van der Waals surface area contributed by atoms with Gasteiger partial charge < -0.3 is 4.18 Å². The second-order valence-corrected chi connectivity index (χ2v) is 6.14. The van der Waals surface area contributed by atoms with E-state index in [0.29, 0.717) is 5.75 Å². The van der Waals surface area contributed by atoms with Gasteiger partial charge in [-0.3, -0.25) is 0 Å². The van der Waals surface area contributed by atoms with Gasteiger partial charge in [-0.15, -0.1) is 0 Å². The number of hydrogen-bond donors (Lipinski definition) is 0. The van der Waals surface area contributed by atoms with Crippen molar-refractivity contribution >= 4 is 10.1 Å². The van der Waals surface area contributed by atoms with Gasteiger partial charge in [0.15, 0.2) is 0 Å². The smallest absolute Gasteiger partial charge is 0.339 e. The molecular formula is C15H16O3S. The van der Waals surface area contributed by atoms with Crippen molar-refractivity contribution in [1.82, 2.24) is 0 Å². The predicted molar refractivity (Wildman–Crippen MR) is 74.9 cm³/mol. The molecule has 2 rings (SSSR count). The van der Waals surface area contributed by atoms with Gasteiger partial charge in [-0.05, 0) is 56.2 Å². The van der Waals surface area contributed by atoms with Crippen molar-refractivity contribution < 1.29 is 12.6 Å². The molecule has 0 atom stereocenters. The fraction of sp³-hybridized carbons (Fsp3) is 0.200. The van der Waals surface area contributed by atoms with E-state index < -0.39 is 10.1 Å². The Hall–Kier alpha value is -1.81. The molecular weight excluding hydrogens is 260 g/mol. The minimum Gasteiger partial charge on any atom is -0.379 e. The quantitative estimate of drug-likeness (QED) is 0.807. The van der Waals surface area contributed by atoms with Crippen LogP contribution in [-0.4, -0.2) is 8.42 Å². The molecule has 0 saturated heterocycles. The second-order valence-electron chi connectivity index (χ2n) is 4.60. The lowest BCUT2D eigenvalue weighted by atomic mass is 10.1. The summed E-state index contributed by atoms with van der Waals surface area (Å²) in [5.41, 5.74) is 3.10. The third-order valence-electron chi connectivity index (χ3n) is 2.99. The van der Waals surface area contributed by atoms with Crippen molar-refractivity contribution in [1.29, 1.82) is 0 Å². The first-order valence-corrected chi connectivity index (χ1v) is 7.38. The van der Waals surface area contributed by atoms with Crippen LogP contribution in [0.25, 0.3) is 0 Å². The third-order valence-corrected chi connectivity index (χ3v) is 4.26. The van der Waals surface area contributed by atoms with Gasteiger partial charge in [0, 0.05) is 0 Å². The van der Waals surface area contributed by atoms with Crippen LogP contribution in [0.5, 0.6) is 5.75 Å². The number of rotatable bonds is 3. The van der Waals surface area contributed by atoms with Gasteiger partial charge in [-0.1, -0.05) is 23.8 Å². The highest BCUT2D eigenvalue weighted by Gasteiger charge is 2.16. The van der Waals surface area contributed by atoms with Crippen molar-refractivity contribution in [2.45, 2.75) is 25.7 Å². The van der Waals surface area contributed by atoms with Gasteiger partial charge in [-0.25, -0.2) is 0 Å². The molecule has 0 spiro atoms. The molecule has 0 saturated carbocycles. The van der Waals surface area contributed by atoms with Crippen LogP contribution >= 0.6 is 0 Å². The van der Waals surface area contributed by atoms with Crippen molar-refractivity contribution in [3.63, 3.8) is 0 Å². The van der Waals surface area contributed by atoms with Crippen LogP contribution in [0.1, 0.15) is 16.7 Å². The van der Waals surface area contributed by atoms with E-state index in [9.17, 15) is 8.42 Å². The lowest BCUT2D eigenvalue weighted by molar-refractivity contribution is 0.486. The largest absolute Gasteiger partial charge is 0.379 e. The summed E-state index contributed by atoms with van der Waals surface area (Å²) >= 11 is 0. The Morgan fingerprint density at radius 2 is 1.47 bits per heavy atom. The molecule has 3 nitrogen and oxygen atoms in total.